The molecule has 20 heavy (non-hydrogen) atoms. The summed E-state index contributed by atoms with van der Waals surface area (Å²) in [6.07, 6.45) is 1.96. The van der Waals surface area contributed by atoms with E-state index in [0.717, 1.165) is 29.7 Å². The highest BCUT2D eigenvalue weighted by atomic mass is 16.5. The van der Waals surface area contributed by atoms with Crippen LogP contribution in [0.1, 0.15) is 37.8 Å². The lowest BCUT2D eigenvalue weighted by Crippen LogP contribution is -2.37. The molecule has 2 aromatic carbocycles. The highest BCUT2D eigenvalue weighted by Crippen LogP contribution is 2.32. The van der Waals surface area contributed by atoms with Crippen LogP contribution in [0.2, 0.25) is 0 Å². The molecule has 0 heterocycles. The van der Waals surface area contributed by atoms with Gasteiger partial charge in [0.05, 0.1) is 12.1 Å². The summed E-state index contributed by atoms with van der Waals surface area (Å²) in [6, 6.07) is 18.5. The second-order valence-electron chi connectivity index (χ2n) is 5.04. The van der Waals surface area contributed by atoms with Crippen LogP contribution in [0.4, 0.5) is 0 Å². The standard InChI is InChI=1S/C18H23NO/c1-3-14-18(19,15-8-6-5-7-9-15)16-10-12-17(13-11-16)20-4-2/h5-13H,3-4,14,19H2,1-2H3. The molecule has 0 aromatic heterocycles. The molecule has 0 saturated heterocycles. The van der Waals surface area contributed by atoms with Crippen molar-refractivity contribution in [2.75, 3.05) is 6.61 Å². The molecular weight excluding hydrogens is 246 g/mol. The second kappa shape index (κ2) is 6.58. The Morgan fingerprint density at radius 2 is 1.50 bits per heavy atom. The molecule has 2 aromatic rings. The fraction of sp³-hybridized carbons (Fsp3) is 0.333. The maximum atomic E-state index is 6.73. The Kier molecular flexibility index (Phi) is 4.80. The van der Waals surface area contributed by atoms with Gasteiger partial charge in [0.1, 0.15) is 5.75 Å². The SMILES string of the molecule is CCCC(N)(c1ccccc1)c1ccc(OCC)cc1. The number of hydrogen-bond acceptors (Lipinski definition) is 2. The van der Waals surface area contributed by atoms with Crippen LogP contribution in [-0.4, -0.2) is 6.61 Å². The zero-order valence-electron chi connectivity index (χ0n) is 12.3. The van der Waals surface area contributed by atoms with Crippen molar-refractivity contribution in [3.05, 3.63) is 65.7 Å². The molecule has 0 spiro atoms. The lowest BCUT2D eigenvalue weighted by molar-refractivity contribution is 0.340. The maximum Gasteiger partial charge on any atom is 0.119 e. The van der Waals surface area contributed by atoms with Crippen molar-refractivity contribution < 1.29 is 4.74 Å². The van der Waals surface area contributed by atoms with Crippen LogP contribution >= 0.6 is 0 Å². The average Bonchev–Trinajstić information content (AvgIpc) is 2.49. The van der Waals surface area contributed by atoms with Gasteiger partial charge in [0, 0.05) is 0 Å². The summed E-state index contributed by atoms with van der Waals surface area (Å²) >= 11 is 0. The van der Waals surface area contributed by atoms with Gasteiger partial charge in [-0.05, 0) is 36.6 Å². The van der Waals surface area contributed by atoms with Gasteiger partial charge in [-0.1, -0.05) is 55.8 Å². The van der Waals surface area contributed by atoms with Crippen LogP contribution in [-0.2, 0) is 5.54 Å². The Morgan fingerprint density at radius 3 is 2.05 bits per heavy atom. The van der Waals surface area contributed by atoms with Crippen LogP contribution in [0.15, 0.2) is 54.6 Å². The first-order valence-corrected chi connectivity index (χ1v) is 7.28. The van der Waals surface area contributed by atoms with Gasteiger partial charge in [-0.2, -0.15) is 0 Å². The minimum atomic E-state index is -0.430. The quantitative estimate of drug-likeness (QED) is 0.857. The first kappa shape index (κ1) is 14.6. The largest absolute Gasteiger partial charge is 0.494 e. The number of hydrogen-bond donors (Lipinski definition) is 1. The van der Waals surface area contributed by atoms with Gasteiger partial charge in [0.25, 0.3) is 0 Å². The van der Waals surface area contributed by atoms with E-state index in [2.05, 4.69) is 31.2 Å². The van der Waals surface area contributed by atoms with Gasteiger partial charge in [-0.25, -0.2) is 0 Å². The van der Waals surface area contributed by atoms with Gasteiger partial charge < -0.3 is 10.5 Å². The Balaban J connectivity index is 2.37. The molecule has 0 aliphatic carbocycles. The van der Waals surface area contributed by atoms with Crippen LogP contribution < -0.4 is 10.5 Å². The molecule has 2 rings (SSSR count). The molecule has 2 nitrogen and oxygen atoms in total. The van der Waals surface area contributed by atoms with E-state index in [9.17, 15) is 0 Å². The highest BCUT2D eigenvalue weighted by molar-refractivity contribution is 5.40. The molecule has 1 unspecified atom stereocenters. The topological polar surface area (TPSA) is 35.2 Å². The Morgan fingerprint density at radius 1 is 0.900 bits per heavy atom. The fourth-order valence-electron chi connectivity index (χ4n) is 2.60. The van der Waals surface area contributed by atoms with Crippen LogP contribution in [0, 0.1) is 0 Å². The predicted octanol–water partition coefficient (Wildman–Crippen LogP) is 4.09. The van der Waals surface area contributed by atoms with E-state index in [0.29, 0.717) is 6.61 Å². The van der Waals surface area contributed by atoms with E-state index in [1.54, 1.807) is 0 Å². The summed E-state index contributed by atoms with van der Waals surface area (Å²) in [7, 11) is 0. The molecule has 1 atom stereocenters. The summed E-state index contributed by atoms with van der Waals surface area (Å²) in [5.74, 6) is 0.892. The van der Waals surface area contributed by atoms with Crippen molar-refractivity contribution in [2.24, 2.45) is 5.73 Å². The monoisotopic (exact) mass is 269 g/mol. The molecule has 2 N–H and O–H groups in total. The van der Waals surface area contributed by atoms with Crippen molar-refractivity contribution in [3.8, 4) is 5.75 Å². The van der Waals surface area contributed by atoms with Crippen molar-refractivity contribution in [3.63, 3.8) is 0 Å². The van der Waals surface area contributed by atoms with Crippen molar-refractivity contribution in [1.82, 2.24) is 0 Å². The number of ether oxygens (including phenoxy) is 1. The van der Waals surface area contributed by atoms with E-state index in [1.165, 1.54) is 0 Å². The first-order chi connectivity index (χ1) is 9.70. The van der Waals surface area contributed by atoms with Gasteiger partial charge in [-0.3, -0.25) is 0 Å². The lowest BCUT2D eigenvalue weighted by atomic mass is 9.80. The van der Waals surface area contributed by atoms with Crippen molar-refractivity contribution in [1.29, 1.82) is 0 Å². The molecule has 2 heteroatoms. The first-order valence-electron chi connectivity index (χ1n) is 7.28. The highest BCUT2D eigenvalue weighted by Gasteiger charge is 2.28. The molecule has 0 amide bonds. The molecule has 0 fully saturated rings. The summed E-state index contributed by atoms with van der Waals surface area (Å²) in [5.41, 5.74) is 8.60. The number of rotatable bonds is 6. The summed E-state index contributed by atoms with van der Waals surface area (Å²) in [5, 5.41) is 0. The van der Waals surface area contributed by atoms with Gasteiger partial charge in [-0.15, -0.1) is 0 Å². The zero-order chi connectivity index (χ0) is 14.4. The summed E-state index contributed by atoms with van der Waals surface area (Å²) in [4.78, 5) is 0. The van der Waals surface area contributed by atoms with E-state index < -0.39 is 5.54 Å². The molecule has 0 aliphatic heterocycles. The summed E-state index contributed by atoms with van der Waals surface area (Å²) < 4.78 is 5.50. The van der Waals surface area contributed by atoms with Gasteiger partial charge in [0.2, 0.25) is 0 Å². The number of benzene rings is 2. The van der Waals surface area contributed by atoms with Crippen LogP contribution in [0.5, 0.6) is 5.75 Å². The van der Waals surface area contributed by atoms with Crippen molar-refractivity contribution >= 4 is 0 Å². The zero-order valence-corrected chi connectivity index (χ0v) is 12.3. The lowest BCUT2D eigenvalue weighted by Gasteiger charge is -2.30. The maximum absolute atomic E-state index is 6.73. The third kappa shape index (κ3) is 3.02. The van der Waals surface area contributed by atoms with Crippen LogP contribution in [0.3, 0.4) is 0 Å². The minimum Gasteiger partial charge on any atom is -0.494 e. The average molecular weight is 269 g/mol. The Bertz CT molecular complexity index is 521. The van der Waals surface area contributed by atoms with Gasteiger partial charge in [0.15, 0.2) is 0 Å². The van der Waals surface area contributed by atoms with E-state index in [4.69, 9.17) is 10.5 Å². The molecule has 106 valence electrons. The molecule has 0 aliphatic rings. The second-order valence-corrected chi connectivity index (χ2v) is 5.04. The van der Waals surface area contributed by atoms with E-state index in [1.807, 2.05) is 37.3 Å². The normalized spacial score (nSPS) is 13.8. The Hall–Kier alpha value is -1.80. The molecule has 0 radical (unpaired) electrons. The fourth-order valence-corrected chi connectivity index (χ4v) is 2.60. The van der Waals surface area contributed by atoms with E-state index in [-0.39, 0.29) is 0 Å². The molecule has 0 saturated carbocycles. The molecule has 0 bridgehead atoms. The third-order valence-electron chi connectivity index (χ3n) is 3.61. The van der Waals surface area contributed by atoms with Crippen molar-refractivity contribution in [2.45, 2.75) is 32.2 Å². The van der Waals surface area contributed by atoms with Crippen LogP contribution in [0.25, 0.3) is 0 Å². The number of nitrogens with two attached hydrogens (primary N) is 1. The Labute approximate surface area is 121 Å². The van der Waals surface area contributed by atoms with Gasteiger partial charge >= 0.3 is 0 Å². The minimum absolute atomic E-state index is 0.430. The third-order valence-corrected chi connectivity index (χ3v) is 3.61. The predicted molar refractivity (Wildman–Crippen MR) is 83.9 cm³/mol. The smallest absolute Gasteiger partial charge is 0.119 e. The summed E-state index contributed by atoms with van der Waals surface area (Å²) in [6.45, 7) is 4.84. The van der Waals surface area contributed by atoms with E-state index >= 15 is 0 Å². The molecular formula is C18H23NO.